The standard InChI is InChI=1S/C25H24F2N8O2S2/c1-16-2-5-29-13-21(16)34-8-6-33(7-9-34)19-10-17(39(36,37)15-25(14-28)3-4-25)11-20-18(19)12-30-35(20)24-32-31-23(38-24)22(26)27/h2,5,10-13,22H,3-4,6-9,15H2,1H3. The number of aromatic nitrogens is 5. The molecule has 2 aliphatic rings. The summed E-state index contributed by atoms with van der Waals surface area (Å²) in [6, 6.07) is 7.26. The van der Waals surface area contributed by atoms with E-state index in [4.69, 9.17) is 0 Å². The van der Waals surface area contributed by atoms with Gasteiger partial charge in [-0.1, -0.05) is 11.3 Å². The topological polar surface area (TPSA) is 121 Å². The Bertz CT molecular complexity index is 1700. The third-order valence-corrected chi connectivity index (χ3v) is 10.1. The van der Waals surface area contributed by atoms with Gasteiger partial charge in [0.15, 0.2) is 14.8 Å². The van der Waals surface area contributed by atoms with Crippen LogP contribution in [0.25, 0.3) is 16.0 Å². The van der Waals surface area contributed by atoms with Gasteiger partial charge in [0.25, 0.3) is 6.43 Å². The van der Waals surface area contributed by atoms with Gasteiger partial charge in [-0.3, -0.25) is 4.98 Å². The maximum atomic E-state index is 13.5. The van der Waals surface area contributed by atoms with Gasteiger partial charge in [-0.05, 0) is 43.5 Å². The summed E-state index contributed by atoms with van der Waals surface area (Å²) < 4.78 is 54.8. The molecule has 3 aromatic heterocycles. The second-order valence-corrected chi connectivity index (χ2v) is 12.9. The first-order valence-electron chi connectivity index (χ1n) is 12.4. The summed E-state index contributed by atoms with van der Waals surface area (Å²) in [6.07, 6.45) is 3.53. The fourth-order valence-electron chi connectivity index (χ4n) is 4.94. The van der Waals surface area contributed by atoms with Crippen molar-refractivity contribution in [3.63, 3.8) is 0 Å². The number of piperazine rings is 1. The molecule has 0 amide bonds. The molecule has 1 aliphatic heterocycles. The molecule has 0 N–H and O–H groups in total. The first kappa shape index (κ1) is 25.6. The van der Waals surface area contributed by atoms with Crippen molar-refractivity contribution in [2.75, 3.05) is 41.7 Å². The first-order valence-corrected chi connectivity index (χ1v) is 14.8. The third kappa shape index (κ3) is 4.70. The molecule has 1 saturated heterocycles. The minimum Gasteiger partial charge on any atom is -0.367 e. The highest BCUT2D eigenvalue weighted by Crippen LogP contribution is 2.47. The highest BCUT2D eigenvalue weighted by atomic mass is 32.2. The van der Waals surface area contributed by atoms with E-state index in [-0.39, 0.29) is 15.8 Å². The lowest BCUT2D eigenvalue weighted by atomic mass is 10.1. The summed E-state index contributed by atoms with van der Waals surface area (Å²) in [5.74, 6) is -0.266. The van der Waals surface area contributed by atoms with E-state index in [2.05, 4.69) is 36.1 Å². The number of sulfone groups is 1. The number of aryl methyl sites for hydroxylation is 1. The smallest absolute Gasteiger partial charge is 0.291 e. The monoisotopic (exact) mass is 570 g/mol. The first-order chi connectivity index (χ1) is 18.7. The predicted octanol–water partition coefficient (Wildman–Crippen LogP) is 3.92. The fourth-order valence-corrected chi connectivity index (χ4v) is 7.44. The quantitative estimate of drug-likeness (QED) is 0.325. The number of anilines is 2. The van der Waals surface area contributed by atoms with Gasteiger partial charge in [-0.25, -0.2) is 21.9 Å². The van der Waals surface area contributed by atoms with Crippen molar-refractivity contribution in [1.29, 1.82) is 5.26 Å². The molecule has 1 aliphatic carbocycles. The molecule has 202 valence electrons. The van der Waals surface area contributed by atoms with Crippen LogP contribution in [0.4, 0.5) is 20.2 Å². The Labute approximate surface area is 227 Å². The van der Waals surface area contributed by atoms with Gasteiger partial charge in [0.2, 0.25) is 5.13 Å². The number of fused-ring (bicyclic) bond motifs is 1. The van der Waals surface area contributed by atoms with E-state index in [1.165, 1.54) is 10.7 Å². The van der Waals surface area contributed by atoms with Crippen LogP contribution in [0.3, 0.4) is 0 Å². The molecule has 2 fully saturated rings. The molecule has 1 saturated carbocycles. The minimum atomic E-state index is -3.83. The summed E-state index contributed by atoms with van der Waals surface area (Å²) in [6.45, 7) is 4.68. The third-order valence-electron chi connectivity index (χ3n) is 7.33. The highest BCUT2D eigenvalue weighted by Gasteiger charge is 2.47. The predicted molar refractivity (Wildman–Crippen MR) is 142 cm³/mol. The van der Waals surface area contributed by atoms with Crippen molar-refractivity contribution in [3.05, 3.63) is 47.4 Å². The van der Waals surface area contributed by atoms with E-state index in [1.807, 2.05) is 19.2 Å². The SMILES string of the molecule is Cc1ccncc1N1CCN(c2cc(S(=O)(=O)CC3(C#N)CC3)cc3c2cnn3-c2nnc(C(F)F)s2)CC1. The van der Waals surface area contributed by atoms with Crippen LogP contribution in [0.15, 0.2) is 41.7 Å². The lowest BCUT2D eigenvalue weighted by molar-refractivity contribution is 0.150. The van der Waals surface area contributed by atoms with Crippen LogP contribution in [-0.2, 0) is 9.84 Å². The van der Waals surface area contributed by atoms with Gasteiger partial charge < -0.3 is 9.80 Å². The molecule has 39 heavy (non-hydrogen) atoms. The number of halogens is 2. The molecule has 0 bridgehead atoms. The van der Waals surface area contributed by atoms with E-state index < -0.39 is 26.7 Å². The zero-order valence-corrected chi connectivity index (χ0v) is 22.6. The summed E-state index contributed by atoms with van der Waals surface area (Å²) in [5.41, 5.74) is 2.44. The van der Waals surface area contributed by atoms with E-state index in [1.54, 1.807) is 18.5 Å². The number of pyridine rings is 1. The number of rotatable bonds is 7. The number of nitrogens with zero attached hydrogens (tertiary/aromatic N) is 8. The maximum Gasteiger partial charge on any atom is 0.291 e. The Morgan fingerprint density at radius 1 is 1.10 bits per heavy atom. The van der Waals surface area contributed by atoms with E-state index in [0.29, 0.717) is 66.9 Å². The van der Waals surface area contributed by atoms with Crippen molar-refractivity contribution in [2.45, 2.75) is 31.1 Å². The van der Waals surface area contributed by atoms with E-state index >= 15 is 0 Å². The van der Waals surface area contributed by atoms with Gasteiger partial charge in [-0.2, -0.15) is 10.4 Å². The molecule has 0 spiro atoms. The molecule has 4 aromatic rings. The van der Waals surface area contributed by atoms with Gasteiger partial charge in [0.05, 0.1) is 45.7 Å². The number of nitriles is 1. The fraction of sp³-hybridized carbons (Fsp3) is 0.400. The van der Waals surface area contributed by atoms with Crippen LogP contribution in [0.5, 0.6) is 0 Å². The molecule has 14 heteroatoms. The van der Waals surface area contributed by atoms with Crippen molar-refractivity contribution < 1.29 is 17.2 Å². The van der Waals surface area contributed by atoms with Crippen LogP contribution in [0.1, 0.15) is 29.8 Å². The normalized spacial score (nSPS) is 17.1. The molecular formula is C25H24F2N8O2S2. The molecule has 0 unspecified atom stereocenters. The largest absolute Gasteiger partial charge is 0.367 e. The molecule has 0 atom stereocenters. The van der Waals surface area contributed by atoms with Crippen LogP contribution in [-0.4, -0.2) is 65.3 Å². The van der Waals surface area contributed by atoms with Gasteiger partial charge in [0, 0.05) is 43.4 Å². The van der Waals surface area contributed by atoms with Crippen LogP contribution in [0, 0.1) is 23.7 Å². The Morgan fingerprint density at radius 2 is 1.82 bits per heavy atom. The van der Waals surface area contributed by atoms with Crippen LogP contribution >= 0.6 is 11.3 Å². The molecular weight excluding hydrogens is 546 g/mol. The Balaban J connectivity index is 1.40. The lowest BCUT2D eigenvalue weighted by Crippen LogP contribution is -2.46. The van der Waals surface area contributed by atoms with Crippen molar-refractivity contribution in [2.24, 2.45) is 5.41 Å². The van der Waals surface area contributed by atoms with Gasteiger partial charge in [-0.15, -0.1) is 10.2 Å². The van der Waals surface area contributed by atoms with Crippen molar-refractivity contribution in [1.82, 2.24) is 25.0 Å². The zero-order valence-electron chi connectivity index (χ0n) is 21.0. The van der Waals surface area contributed by atoms with Crippen LogP contribution in [0.2, 0.25) is 0 Å². The molecule has 6 rings (SSSR count). The van der Waals surface area contributed by atoms with Gasteiger partial charge >= 0.3 is 0 Å². The second kappa shape index (κ2) is 9.49. The van der Waals surface area contributed by atoms with Crippen molar-refractivity contribution >= 4 is 43.5 Å². The number of alkyl halides is 2. The number of hydrogen-bond acceptors (Lipinski definition) is 10. The van der Waals surface area contributed by atoms with Crippen LogP contribution < -0.4 is 9.80 Å². The molecule has 1 aromatic carbocycles. The molecule has 0 radical (unpaired) electrons. The Kier molecular flexibility index (Phi) is 6.22. The van der Waals surface area contributed by atoms with Crippen molar-refractivity contribution in [3.8, 4) is 11.2 Å². The zero-order chi connectivity index (χ0) is 27.4. The summed E-state index contributed by atoms with van der Waals surface area (Å²) in [4.78, 5) is 8.67. The maximum absolute atomic E-state index is 13.5. The summed E-state index contributed by atoms with van der Waals surface area (Å²) in [7, 11) is -3.83. The second-order valence-electron chi connectivity index (χ2n) is 9.94. The Morgan fingerprint density at radius 3 is 2.44 bits per heavy atom. The number of benzene rings is 1. The lowest BCUT2D eigenvalue weighted by Gasteiger charge is -2.38. The molecule has 10 nitrogen and oxygen atoms in total. The minimum absolute atomic E-state index is 0.0670. The van der Waals surface area contributed by atoms with Gasteiger partial charge in [0.1, 0.15) is 0 Å². The average Bonchev–Trinajstić information content (AvgIpc) is 3.31. The summed E-state index contributed by atoms with van der Waals surface area (Å²) >= 11 is 0.701. The number of hydrogen-bond donors (Lipinski definition) is 0. The highest BCUT2D eigenvalue weighted by molar-refractivity contribution is 7.91. The summed E-state index contributed by atoms with van der Waals surface area (Å²) in [5, 5.41) is 21.7. The Hall–Kier alpha value is -3.70. The molecule has 4 heterocycles. The van der Waals surface area contributed by atoms with E-state index in [9.17, 15) is 22.5 Å². The average molecular weight is 571 g/mol. The van der Waals surface area contributed by atoms with E-state index in [0.717, 1.165) is 11.3 Å².